The molecule has 0 spiro atoms. The van der Waals surface area contributed by atoms with Crippen molar-refractivity contribution in [3.63, 3.8) is 0 Å². The zero-order chi connectivity index (χ0) is 23.1. The van der Waals surface area contributed by atoms with E-state index in [0.717, 1.165) is 28.3 Å². The molecule has 0 amide bonds. The Kier molecular flexibility index (Phi) is 5.56. The van der Waals surface area contributed by atoms with Crippen LogP contribution in [0.5, 0.6) is 5.75 Å². The first-order valence-electron chi connectivity index (χ1n) is 10.7. The maximum Gasteiger partial charge on any atom is 0.174 e. The van der Waals surface area contributed by atoms with Gasteiger partial charge in [-0.2, -0.15) is 0 Å². The second-order valence-corrected chi connectivity index (χ2v) is 8.95. The van der Waals surface area contributed by atoms with Crippen LogP contribution in [0.2, 0.25) is 5.02 Å². The summed E-state index contributed by atoms with van der Waals surface area (Å²) in [6, 6.07) is 22.8. The summed E-state index contributed by atoms with van der Waals surface area (Å²) in [5, 5.41) is 15.4. The number of thiocarbonyl (C=S) groups is 1. The molecule has 2 aromatic heterocycles. The predicted octanol–water partition coefficient (Wildman–Crippen LogP) is 6.03. The van der Waals surface area contributed by atoms with Crippen LogP contribution in [0.25, 0.3) is 5.69 Å². The van der Waals surface area contributed by atoms with E-state index >= 15 is 0 Å². The van der Waals surface area contributed by atoms with E-state index in [2.05, 4.69) is 34.8 Å². The molecule has 2 N–H and O–H groups in total. The van der Waals surface area contributed by atoms with Gasteiger partial charge in [0.2, 0.25) is 0 Å². The molecule has 0 aliphatic carbocycles. The van der Waals surface area contributed by atoms with Crippen LogP contribution in [0.4, 0.5) is 5.69 Å². The lowest BCUT2D eigenvalue weighted by Gasteiger charge is -2.28. The van der Waals surface area contributed by atoms with Crippen LogP contribution >= 0.6 is 23.8 Å². The van der Waals surface area contributed by atoms with Gasteiger partial charge >= 0.3 is 0 Å². The number of phenols is 1. The smallest absolute Gasteiger partial charge is 0.174 e. The average molecular weight is 475 g/mol. The number of hydrogen-bond donors (Lipinski definition) is 2. The highest BCUT2D eigenvalue weighted by molar-refractivity contribution is 7.80. The van der Waals surface area contributed by atoms with Crippen molar-refractivity contribution >= 4 is 34.6 Å². The molecule has 1 aliphatic rings. The SMILES string of the molecule is Cc1cc([C@H]2[C@H](c3ccccn3)NC(=S)N2c2ccccc2O)c(C)n1-c1cccc(Cl)c1. The van der Waals surface area contributed by atoms with E-state index < -0.39 is 0 Å². The molecule has 33 heavy (non-hydrogen) atoms. The van der Waals surface area contributed by atoms with Gasteiger partial charge in [0.15, 0.2) is 5.11 Å². The molecule has 0 bridgehead atoms. The Morgan fingerprint density at radius 3 is 2.52 bits per heavy atom. The number of nitrogens with zero attached hydrogens (tertiary/aromatic N) is 3. The Labute approximate surface area is 203 Å². The summed E-state index contributed by atoms with van der Waals surface area (Å²) >= 11 is 12.1. The topological polar surface area (TPSA) is 53.3 Å². The van der Waals surface area contributed by atoms with E-state index in [1.807, 2.05) is 65.6 Å². The number of hydrogen-bond acceptors (Lipinski definition) is 3. The Bertz CT molecular complexity index is 1340. The number of aromatic nitrogens is 2. The van der Waals surface area contributed by atoms with E-state index in [9.17, 15) is 5.11 Å². The van der Waals surface area contributed by atoms with Crippen LogP contribution in [-0.4, -0.2) is 19.8 Å². The van der Waals surface area contributed by atoms with Crippen LogP contribution in [0.1, 0.15) is 34.7 Å². The Morgan fingerprint density at radius 1 is 1.00 bits per heavy atom. The maximum absolute atomic E-state index is 10.7. The zero-order valence-electron chi connectivity index (χ0n) is 18.2. The lowest BCUT2D eigenvalue weighted by atomic mass is 9.96. The van der Waals surface area contributed by atoms with Gasteiger partial charge in [0.25, 0.3) is 0 Å². The summed E-state index contributed by atoms with van der Waals surface area (Å²) in [4.78, 5) is 6.61. The molecule has 166 valence electrons. The van der Waals surface area contributed by atoms with E-state index in [-0.39, 0.29) is 17.8 Å². The van der Waals surface area contributed by atoms with Crippen LogP contribution < -0.4 is 10.2 Å². The number of phenolic OH excluding ortho intramolecular Hbond substituents is 1. The molecule has 7 heteroatoms. The molecule has 1 aliphatic heterocycles. The molecular formula is C26H23ClN4OS. The summed E-state index contributed by atoms with van der Waals surface area (Å²) in [6.07, 6.45) is 1.79. The summed E-state index contributed by atoms with van der Waals surface area (Å²) in [5.74, 6) is 0.178. The van der Waals surface area contributed by atoms with E-state index in [4.69, 9.17) is 23.8 Å². The lowest BCUT2D eigenvalue weighted by Crippen LogP contribution is -2.29. The molecule has 4 aromatic rings. The number of nitrogens with one attached hydrogen (secondary N) is 1. The van der Waals surface area contributed by atoms with Gasteiger partial charge in [-0.05, 0) is 80.2 Å². The molecule has 2 atom stereocenters. The molecule has 1 fully saturated rings. The normalized spacial score (nSPS) is 17.9. The number of aromatic hydroxyl groups is 1. The van der Waals surface area contributed by atoms with Gasteiger partial charge in [-0.1, -0.05) is 35.9 Å². The number of pyridine rings is 1. The Hall–Kier alpha value is -3.35. The van der Waals surface area contributed by atoms with E-state index in [1.165, 1.54) is 0 Å². The number of rotatable bonds is 4. The molecule has 0 saturated carbocycles. The first-order valence-corrected chi connectivity index (χ1v) is 11.5. The largest absolute Gasteiger partial charge is 0.506 e. The number of aryl methyl sites for hydroxylation is 1. The fraction of sp³-hybridized carbons (Fsp3) is 0.154. The van der Waals surface area contributed by atoms with Gasteiger partial charge in [0.05, 0.1) is 23.5 Å². The van der Waals surface area contributed by atoms with Crippen molar-refractivity contribution in [3.05, 3.63) is 107 Å². The molecular weight excluding hydrogens is 452 g/mol. The summed E-state index contributed by atoms with van der Waals surface area (Å²) < 4.78 is 2.20. The van der Waals surface area contributed by atoms with Crippen LogP contribution in [0.3, 0.4) is 0 Å². The second-order valence-electron chi connectivity index (χ2n) is 8.13. The van der Waals surface area contributed by atoms with Gasteiger partial charge in [-0.25, -0.2) is 0 Å². The van der Waals surface area contributed by atoms with Crippen LogP contribution in [0, 0.1) is 13.8 Å². The predicted molar refractivity (Wildman–Crippen MR) is 136 cm³/mol. The minimum absolute atomic E-state index is 0.178. The van der Waals surface area contributed by atoms with Crippen molar-refractivity contribution in [2.24, 2.45) is 0 Å². The molecule has 5 nitrogen and oxygen atoms in total. The second kappa shape index (κ2) is 8.54. The van der Waals surface area contributed by atoms with E-state index in [0.29, 0.717) is 15.8 Å². The van der Waals surface area contributed by atoms with Gasteiger partial charge in [-0.15, -0.1) is 0 Å². The third kappa shape index (κ3) is 3.75. The third-order valence-electron chi connectivity index (χ3n) is 6.09. The minimum atomic E-state index is -0.208. The Balaban J connectivity index is 1.70. The fourth-order valence-electron chi connectivity index (χ4n) is 4.70. The number of anilines is 1. The van der Waals surface area contributed by atoms with Crippen molar-refractivity contribution in [1.29, 1.82) is 0 Å². The van der Waals surface area contributed by atoms with Crippen molar-refractivity contribution in [2.45, 2.75) is 25.9 Å². The number of para-hydroxylation sites is 2. The van der Waals surface area contributed by atoms with E-state index in [1.54, 1.807) is 12.3 Å². The quantitative estimate of drug-likeness (QED) is 0.354. The zero-order valence-corrected chi connectivity index (χ0v) is 19.8. The van der Waals surface area contributed by atoms with Gasteiger partial charge in [0, 0.05) is 28.3 Å². The van der Waals surface area contributed by atoms with Gasteiger partial charge < -0.3 is 19.9 Å². The van der Waals surface area contributed by atoms with Gasteiger partial charge in [0.1, 0.15) is 5.75 Å². The monoisotopic (exact) mass is 474 g/mol. The lowest BCUT2D eigenvalue weighted by molar-refractivity contribution is 0.472. The fourth-order valence-corrected chi connectivity index (χ4v) is 5.22. The van der Waals surface area contributed by atoms with Crippen molar-refractivity contribution in [1.82, 2.24) is 14.9 Å². The number of halogens is 1. The molecule has 2 aromatic carbocycles. The highest BCUT2D eigenvalue weighted by Gasteiger charge is 2.43. The van der Waals surface area contributed by atoms with Gasteiger partial charge in [-0.3, -0.25) is 4.98 Å². The average Bonchev–Trinajstić information content (AvgIpc) is 3.30. The molecule has 3 heterocycles. The standard InChI is InChI=1S/C26H23ClN4OS/c1-16-14-20(17(2)30(16)19-9-7-8-18(27)15-19)25-24(21-10-5-6-13-28-21)29-26(33)31(25)22-11-3-4-12-23(22)32/h3-15,24-25,32H,1-2H3,(H,29,33)/t24-,25-/m0/s1. The molecule has 1 saturated heterocycles. The summed E-state index contributed by atoms with van der Waals surface area (Å²) in [5.41, 5.74) is 5.80. The summed E-state index contributed by atoms with van der Waals surface area (Å²) in [7, 11) is 0. The minimum Gasteiger partial charge on any atom is -0.506 e. The van der Waals surface area contributed by atoms with Crippen molar-refractivity contribution < 1.29 is 5.11 Å². The van der Waals surface area contributed by atoms with Crippen molar-refractivity contribution in [3.8, 4) is 11.4 Å². The first kappa shape index (κ1) is 21.5. The first-order chi connectivity index (χ1) is 16.0. The maximum atomic E-state index is 10.7. The highest BCUT2D eigenvalue weighted by Crippen LogP contribution is 2.45. The molecule has 0 unspecified atom stereocenters. The summed E-state index contributed by atoms with van der Waals surface area (Å²) in [6.45, 7) is 4.18. The Morgan fingerprint density at radius 2 is 1.79 bits per heavy atom. The van der Waals surface area contributed by atoms with Crippen molar-refractivity contribution in [2.75, 3.05) is 4.90 Å². The van der Waals surface area contributed by atoms with Crippen LogP contribution in [0.15, 0.2) is 79.0 Å². The van der Waals surface area contributed by atoms with Crippen LogP contribution in [-0.2, 0) is 0 Å². The third-order valence-corrected chi connectivity index (χ3v) is 6.64. The number of benzene rings is 2. The molecule has 0 radical (unpaired) electrons. The highest BCUT2D eigenvalue weighted by atomic mass is 35.5. The molecule has 5 rings (SSSR count).